The maximum atomic E-state index is 12.4. The molecule has 0 unspecified atom stereocenters. The minimum Gasteiger partial charge on any atom is -0.380 e. The number of hydrogen-bond donors (Lipinski definition) is 1. The first-order chi connectivity index (χ1) is 9.90. The van der Waals surface area contributed by atoms with E-state index >= 15 is 0 Å². The second kappa shape index (κ2) is 6.19. The van der Waals surface area contributed by atoms with Crippen LogP contribution in [-0.4, -0.2) is 0 Å². The number of rotatable bonds is 3. The predicted molar refractivity (Wildman–Crippen MR) is 77.6 cm³/mol. The molecule has 1 N–H and O–H groups in total. The lowest BCUT2D eigenvalue weighted by molar-refractivity contribution is -0.137. The van der Waals surface area contributed by atoms with Crippen LogP contribution in [0.4, 0.5) is 18.9 Å². The topological polar surface area (TPSA) is 35.8 Å². The standard InChI is InChI=1S/C15H10BrF3N2/c16-13-7-11(8-20)3-6-14(13)21-9-10-1-4-12(5-2-10)15(17,18)19/h1-7,21H,9H2. The van der Waals surface area contributed by atoms with Crippen LogP contribution in [0, 0.1) is 11.3 Å². The minimum absolute atomic E-state index is 0.392. The molecule has 0 fully saturated rings. The average molecular weight is 355 g/mol. The van der Waals surface area contributed by atoms with Crippen molar-refractivity contribution >= 4 is 21.6 Å². The molecule has 6 heteroatoms. The number of nitrogens with zero attached hydrogens (tertiary/aromatic N) is 1. The van der Waals surface area contributed by atoms with Crippen molar-refractivity contribution in [2.45, 2.75) is 12.7 Å². The van der Waals surface area contributed by atoms with Gasteiger partial charge >= 0.3 is 6.18 Å². The second-order valence-corrected chi connectivity index (χ2v) is 5.21. The van der Waals surface area contributed by atoms with Gasteiger partial charge in [-0.2, -0.15) is 18.4 Å². The molecule has 108 valence electrons. The number of benzene rings is 2. The second-order valence-electron chi connectivity index (χ2n) is 4.35. The van der Waals surface area contributed by atoms with E-state index in [2.05, 4.69) is 21.2 Å². The molecule has 0 spiro atoms. The van der Waals surface area contributed by atoms with Gasteiger partial charge < -0.3 is 5.32 Å². The van der Waals surface area contributed by atoms with E-state index < -0.39 is 11.7 Å². The summed E-state index contributed by atoms with van der Waals surface area (Å²) in [5, 5.41) is 11.9. The fourth-order valence-electron chi connectivity index (χ4n) is 1.74. The summed E-state index contributed by atoms with van der Waals surface area (Å²) < 4.78 is 38.1. The van der Waals surface area contributed by atoms with Crippen molar-refractivity contribution < 1.29 is 13.2 Å². The SMILES string of the molecule is N#Cc1ccc(NCc2ccc(C(F)(F)F)cc2)c(Br)c1. The molecule has 2 nitrogen and oxygen atoms in total. The van der Waals surface area contributed by atoms with Gasteiger partial charge in [0.2, 0.25) is 0 Å². The third-order valence-corrected chi connectivity index (χ3v) is 3.52. The summed E-state index contributed by atoms with van der Waals surface area (Å²) in [6.07, 6.45) is -4.32. The van der Waals surface area contributed by atoms with E-state index in [-0.39, 0.29) is 0 Å². The van der Waals surface area contributed by atoms with Gasteiger partial charge in [0.15, 0.2) is 0 Å². The van der Waals surface area contributed by atoms with Gasteiger partial charge in [-0.15, -0.1) is 0 Å². The third kappa shape index (κ3) is 3.99. The summed E-state index contributed by atoms with van der Waals surface area (Å²) in [7, 11) is 0. The third-order valence-electron chi connectivity index (χ3n) is 2.86. The Morgan fingerprint density at radius 2 is 1.76 bits per heavy atom. The largest absolute Gasteiger partial charge is 0.416 e. The smallest absolute Gasteiger partial charge is 0.380 e. The monoisotopic (exact) mass is 354 g/mol. The Morgan fingerprint density at radius 1 is 1.10 bits per heavy atom. The van der Waals surface area contributed by atoms with Gasteiger partial charge in [-0.1, -0.05) is 12.1 Å². The molecule has 0 aliphatic heterocycles. The number of halogens is 4. The number of nitrogens with one attached hydrogen (secondary N) is 1. The number of alkyl halides is 3. The first kappa shape index (κ1) is 15.4. The Bertz CT molecular complexity index is 673. The molecule has 0 aromatic heterocycles. The summed E-state index contributed by atoms with van der Waals surface area (Å²) in [6.45, 7) is 0.392. The summed E-state index contributed by atoms with van der Waals surface area (Å²) in [5.74, 6) is 0. The quantitative estimate of drug-likeness (QED) is 0.846. The highest BCUT2D eigenvalue weighted by Crippen LogP contribution is 2.29. The Morgan fingerprint density at radius 3 is 2.29 bits per heavy atom. The Balaban J connectivity index is 2.05. The number of anilines is 1. The van der Waals surface area contributed by atoms with Crippen LogP contribution in [0.1, 0.15) is 16.7 Å². The lowest BCUT2D eigenvalue weighted by atomic mass is 10.1. The zero-order valence-electron chi connectivity index (χ0n) is 10.7. The molecule has 0 aliphatic carbocycles. The van der Waals surface area contributed by atoms with E-state index in [1.165, 1.54) is 12.1 Å². The van der Waals surface area contributed by atoms with Gasteiger partial charge in [0, 0.05) is 16.7 Å². The summed E-state index contributed by atoms with van der Waals surface area (Å²) in [6, 6.07) is 12.1. The van der Waals surface area contributed by atoms with E-state index in [1.54, 1.807) is 18.2 Å². The van der Waals surface area contributed by atoms with Crippen molar-refractivity contribution in [3.8, 4) is 6.07 Å². The Kier molecular flexibility index (Phi) is 4.53. The van der Waals surface area contributed by atoms with E-state index in [9.17, 15) is 13.2 Å². The van der Waals surface area contributed by atoms with Crippen LogP contribution in [0.3, 0.4) is 0 Å². The maximum Gasteiger partial charge on any atom is 0.416 e. The van der Waals surface area contributed by atoms with Gasteiger partial charge in [-0.3, -0.25) is 0 Å². The maximum absolute atomic E-state index is 12.4. The van der Waals surface area contributed by atoms with Crippen molar-refractivity contribution in [3.63, 3.8) is 0 Å². The highest BCUT2D eigenvalue weighted by Gasteiger charge is 2.29. The van der Waals surface area contributed by atoms with Gasteiger partial charge in [0.25, 0.3) is 0 Å². The average Bonchev–Trinajstić information content (AvgIpc) is 2.45. The summed E-state index contributed by atoms with van der Waals surface area (Å²) in [4.78, 5) is 0. The van der Waals surface area contributed by atoms with Crippen molar-refractivity contribution in [3.05, 3.63) is 63.6 Å². The molecule has 0 radical (unpaired) electrons. The zero-order valence-corrected chi connectivity index (χ0v) is 12.3. The minimum atomic E-state index is -4.32. The predicted octanol–water partition coefficient (Wildman–Crippen LogP) is 4.95. The van der Waals surface area contributed by atoms with Gasteiger partial charge in [-0.25, -0.2) is 0 Å². The Labute approximate surface area is 128 Å². The fraction of sp³-hybridized carbons (Fsp3) is 0.133. The lowest BCUT2D eigenvalue weighted by Crippen LogP contribution is -2.05. The number of hydrogen-bond acceptors (Lipinski definition) is 2. The molecular formula is C15H10BrF3N2. The molecule has 0 heterocycles. The van der Waals surface area contributed by atoms with Crippen molar-refractivity contribution in [1.82, 2.24) is 0 Å². The van der Waals surface area contributed by atoms with Crippen LogP contribution in [0.15, 0.2) is 46.9 Å². The van der Waals surface area contributed by atoms with Crippen LogP contribution >= 0.6 is 15.9 Å². The molecule has 2 aromatic carbocycles. The van der Waals surface area contributed by atoms with Crippen LogP contribution in [-0.2, 0) is 12.7 Å². The van der Waals surface area contributed by atoms with Crippen LogP contribution in [0.5, 0.6) is 0 Å². The van der Waals surface area contributed by atoms with Gasteiger partial charge in [-0.05, 0) is 51.8 Å². The summed E-state index contributed by atoms with van der Waals surface area (Å²) in [5.41, 5.74) is 1.38. The first-order valence-corrected chi connectivity index (χ1v) is 6.79. The van der Waals surface area contributed by atoms with E-state index in [0.29, 0.717) is 12.1 Å². The molecule has 0 saturated heterocycles. The van der Waals surface area contributed by atoms with Gasteiger partial charge in [0.05, 0.1) is 17.2 Å². The fourth-order valence-corrected chi connectivity index (χ4v) is 2.26. The molecule has 0 saturated carbocycles. The highest BCUT2D eigenvalue weighted by atomic mass is 79.9. The molecule has 0 aliphatic rings. The lowest BCUT2D eigenvalue weighted by Gasteiger charge is -2.10. The normalized spacial score (nSPS) is 11.0. The van der Waals surface area contributed by atoms with Crippen molar-refractivity contribution in [2.75, 3.05) is 5.32 Å². The van der Waals surface area contributed by atoms with Gasteiger partial charge in [0.1, 0.15) is 0 Å². The van der Waals surface area contributed by atoms with Crippen LogP contribution in [0.25, 0.3) is 0 Å². The van der Waals surface area contributed by atoms with E-state index in [0.717, 1.165) is 27.9 Å². The van der Waals surface area contributed by atoms with E-state index in [1.807, 2.05) is 6.07 Å². The molecule has 0 atom stereocenters. The summed E-state index contributed by atoms with van der Waals surface area (Å²) >= 11 is 3.34. The molecule has 2 aromatic rings. The zero-order chi connectivity index (χ0) is 15.5. The van der Waals surface area contributed by atoms with Crippen LogP contribution < -0.4 is 5.32 Å². The molecular weight excluding hydrogens is 345 g/mol. The molecule has 0 bridgehead atoms. The van der Waals surface area contributed by atoms with Crippen molar-refractivity contribution in [1.29, 1.82) is 5.26 Å². The molecule has 0 amide bonds. The Hall–Kier alpha value is -2.00. The van der Waals surface area contributed by atoms with Crippen LogP contribution in [0.2, 0.25) is 0 Å². The highest BCUT2D eigenvalue weighted by molar-refractivity contribution is 9.10. The van der Waals surface area contributed by atoms with Crippen molar-refractivity contribution in [2.24, 2.45) is 0 Å². The van der Waals surface area contributed by atoms with E-state index in [4.69, 9.17) is 5.26 Å². The number of nitriles is 1. The molecule has 2 rings (SSSR count). The molecule has 21 heavy (non-hydrogen) atoms. The first-order valence-electron chi connectivity index (χ1n) is 6.00.